The monoisotopic (exact) mass is 452 g/mol. The summed E-state index contributed by atoms with van der Waals surface area (Å²) in [5, 5.41) is 12.2. The molecule has 6 heteroatoms. The third kappa shape index (κ3) is 3.91. The lowest BCUT2D eigenvalue weighted by Crippen LogP contribution is -2.25. The number of hydrogen-bond acceptors (Lipinski definition) is 4. The van der Waals surface area contributed by atoms with Crippen molar-refractivity contribution < 1.29 is 4.74 Å². The van der Waals surface area contributed by atoms with Gasteiger partial charge in [-0.15, -0.1) is 0 Å². The first-order chi connectivity index (χ1) is 16.2. The highest BCUT2D eigenvalue weighted by molar-refractivity contribution is 7.87. The molecule has 33 heavy (non-hydrogen) atoms. The quantitative estimate of drug-likeness (QED) is 0.359. The highest BCUT2D eigenvalue weighted by Crippen LogP contribution is 2.50. The van der Waals surface area contributed by atoms with Gasteiger partial charge in [0.05, 0.1) is 19.0 Å². The summed E-state index contributed by atoms with van der Waals surface area (Å²) in [5.41, 5.74) is 2.67. The number of nitrogens with zero attached hydrogens (tertiary/aromatic N) is 3. The average molecular weight is 452 g/mol. The summed E-state index contributed by atoms with van der Waals surface area (Å²) in [6, 6.07) is 33.7. The minimum absolute atomic E-state index is 0.468. The van der Waals surface area contributed by atoms with E-state index >= 15 is 0 Å². The van der Waals surface area contributed by atoms with E-state index in [1.165, 1.54) is 15.9 Å². The zero-order chi connectivity index (χ0) is 22.7. The van der Waals surface area contributed by atoms with Crippen molar-refractivity contribution >= 4 is 39.8 Å². The summed E-state index contributed by atoms with van der Waals surface area (Å²) in [7, 11) is -0.721. The molecule has 0 amide bonds. The lowest BCUT2D eigenvalue weighted by molar-refractivity contribution is 0.186. The fourth-order valence-electron chi connectivity index (χ4n) is 4.27. The van der Waals surface area contributed by atoms with E-state index in [0.717, 1.165) is 22.3 Å². The summed E-state index contributed by atoms with van der Waals surface area (Å²) >= 11 is 0. The third-order valence-corrected chi connectivity index (χ3v) is 9.28. The lowest BCUT2D eigenvalue weighted by Gasteiger charge is -2.26. The molecule has 0 radical (unpaired) electrons. The van der Waals surface area contributed by atoms with Gasteiger partial charge in [-0.25, -0.2) is 9.73 Å². The van der Waals surface area contributed by atoms with Crippen LogP contribution in [-0.2, 0) is 11.3 Å². The highest BCUT2D eigenvalue weighted by Gasteiger charge is 2.28. The summed E-state index contributed by atoms with van der Waals surface area (Å²) < 4.78 is 11.0. The molecule has 5 nitrogen and oxygen atoms in total. The van der Waals surface area contributed by atoms with Gasteiger partial charge in [-0.1, -0.05) is 91.0 Å². The molecule has 0 saturated heterocycles. The Balaban J connectivity index is 1.92. The number of ether oxygens (including phenoxy) is 1. The predicted octanol–water partition coefficient (Wildman–Crippen LogP) is 5.22. The van der Waals surface area contributed by atoms with E-state index in [9.17, 15) is 0 Å². The van der Waals surface area contributed by atoms with Gasteiger partial charge in [-0.05, 0) is 18.6 Å². The summed E-state index contributed by atoms with van der Waals surface area (Å²) in [5.74, 6) is 0.662. The first-order valence-corrected chi connectivity index (χ1v) is 12.6. The number of nitrogens with one attached hydrogen (secondary N) is 1. The summed E-state index contributed by atoms with van der Waals surface area (Å²) in [6.45, 7) is 2.45. The van der Waals surface area contributed by atoms with Gasteiger partial charge < -0.3 is 4.74 Å². The van der Waals surface area contributed by atoms with Crippen molar-refractivity contribution in [3.8, 4) is 0 Å². The van der Waals surface area contributed by atoms with Crippen molar-refractivity contribution in [3.63, 3.8) is 0 Å². The molecule has 0 bridgehead atoms. The Labute approximate surface area is 193 Å². The first-order valence-electron chi connectivity index (χ1n) is 10.8. The number of pyridine rings is 1. The normalized spacial score (nSPS) is 11.6. The first kappa shape index (κ1) is 21.3. The van der Waals surface area contributed by atoms with E-state index < -0.39 is 7.05 Å². The van der Waals surface area contributed by atoms with Crippen molar-refractivity contribution in [3.05, 3.63) is 108 Å². The predicted molar refractivity (Wildman–Crippen MR) is 137 cm³/mol. The number of rotatable bonds is 6. The van der Waals surface area contributed by atoms with Crippen LogP contribution in [0.3, 0.4) is 0 Å². The maximum absolute atomic E-state index is 5.53. The topological polar surface area (TPSA) is 63.2 Å². The van der Waals surface area contributed by atoms with Crippen LogP contribution in [0, 0.1) is 6.92 Å². The molecule has 0 aliphatic carbocycles. The zero-order valence-electron chi connectivity index (χ0n) is 18.6. The van der Waals surface area contributed by atoms with Crippen molar-refractivity contribution in [2.24, 2.45) is 4.74 Å². The van der Waals surface area contributed by atoms with Crippen LogP contribution in [0.15, 0.2) is 102 Å². The molecule has 5 rings (SSSR count). The van der Waals surface area contributed by atoms with Gasteiger partial charge in [-0.2, -0.15) is 5.10 Å². The van der Waals surface area contributed by atoms with Gasteiger partial charge in [-0.3, -0.25) is 5.10 Å². The van der Waals surface area contributed by atoms with E-state index in [1.807, 2.05) is 31.2 Å². The van der Waals surface area contributed by atoms with Crippen LogP contribution in [0.25, 0.3) is 11.0 Å². The maximum Gasteiger partial charge on any atom is 0.183 e. The van der Waals surface area contributed by atoms with Crippen molar-refractivity contribution in [1.82, 2.24) is 15.2 Å². The summed E-state index contributed by atoms with van der Waals surface area (Å²) in [6.07, 6.45) is 0. The largest absolute Gasteiger partial charge is 0.380 e. The van der Waals surface area contributed by atoms with Crippen LogP contribution >= 0.6 is 7.05 Å². The Morgan fingerprint density at radius 2 is 1.33 bits per heavy atom. The molecule has 3 aromatic carbocycles. The van der Waals surface area contributed by atoms with Crippen LogP contribution in [0.2, 0.25) is 0 Å². The third-order valence-electron chi connectivity index (χ3n) is 5.65. The number of aromatic amines is 1. The molecule has 5 aromatic rings. The SMILES string of the molecule is COCc1cc(C)nc2[nH]nc(N=P(c3ccccc3)(c3ccccc3)c3ccccc3)c12. The van der Waals surface area contributed by atoms with Crippen LogP contribution in [-0.4, -0.2) is 22.3 Å². The molecule has 0 unspecified atom stereocenters. The molecule has 0 atom stereocenters. The number of benzene rings is 3. The standard InChI is InChI=1S/C27H25N4OP/c1-20-18-21(19-32-2)25-26(28-20)29-30-27(25)31-33(22-12-6-3-7-13-22,23-14-8-4-9-15-23)24-16-10-5-11-17-24/h3-18H,19H2,1-2H3,(H,28,29,30). The second kappa shape index (κ2) is 9.14. The maximum atomic E-state index is 5.53. The minimum Gasteiger partial charge on any atom is -0.380 e. The average Bonchev–Trinajstić information content (AvgIpc) is 3.26. The molecule has 0 spiro atoms. The number of aromatic nitrogens is 3. The molecular weight excluding hydrogens is 427 g/mol. The number of aryl methyl sites for hydroxylation is 1. The fourth-order valence-corrected chi connectivity index (χ4v) is 7.75. The Kier molecular flexibility index (Phi) is 5.91. The van der Waals surface area contributed by atoms with E-state index in [0.29, 0.717) is 12.4 Å². The molecule has 164 valence electrons. The molecule has 1 N–H and O–H groups in total. The fraction of sp³-hybridized carbons (Fsp3) is 0.111. The van der Waals surface area contributed by atoms with Crippen molar-refractivity contribution in [2.45, 2.75) is 13.5 Å². The molecular formula is C27H25N4OP. The second-order valence-electron chi connectivity index (χ2n) is 7.87. The van der Waals surface area contributed by atoms with Gasteiger partial charge >= 0.3 is 0 Å². The lowest BCUT2D eigenvalue weighted by atomic mass is 10.1. The number of methoxy groups -OCH3 is 1. The Hall–Kier alpha value is -3.53. The van der Waals surface area contributed by atoms with Gasteiger partial charge in [0.25, 0.3) is 0 Å². The number of hydrogen-bond donors (Lipinski definition) is 1. The molecule has 0 aliphatic heterocycles. The van der Waals surface area contributed by atoms with Crippen LogP contribution in [0.4, 0.5) is 5.82 Å². The Morgan fingerprint density at radius 3 is 1.82 bits per heavy atom. The molecule has 0 fully saturated rings. The number of fused-ring (bicyclic) bond motifs is 1. The Morgan fingerprint density at radius 1 is 0.818 bits per heavy atom. The summed E-state index contributed by atoms with van der Waals surface area (Å²) in [4.78, 5) is 4.67. The van der Waals surface area contributed by atoms with E-state index in [1.54, 1.807) is 7.11 Å². The highest BCUT2D eigenvalue weighted by atomic mass is 31.2. The minimum atomic E-state index is -2.42. The smallest absolute Gasteiger partial charge is 0.183 e. The molecule has 0 saturated carbocycles. The van der Waals surface area contributed by atoms with Gasteiger partial charge in [0, 0.05) is 28.7 Å². The van der Waals surface area contributed by atoms with Crippen LogP contribution in [0.1, 0.15) is 11.3 Å². The van der Waals surface area contributed by atoms with Gasteiger partial charge in [0.1, 0.15) is 0 Å². The van der Waals surface area contributed by atoms with E-state index in [-0.39, 0.29) is 0 Å². The molecule has 2 aromatic heterocycles. The molecule has 0 aliphatic rings. The van der Waals surface area contributed by atoms with Crippen LogP contribution in [0.5, 0.6) is 0 Å². The zero-order valence-corrected chi connectivity index (χ0v) is 19.5. The van der Waals surface area contributed by atoms with Gasteiger partial charge in [0.15, 0.2) is 11.5 Å². The number of H-pyrrole nitrogens is 1. The van der Waals surface area contributed by atoms with E-state index in [2.05, 4.69) is 88.0 Å². The van der Waals surface area contributed by atoms with E-state index in [4.69, 9.17) is 9.48 Å². The van der Waals surface area contributed by atoms with Crippen molar-refractivity contribution in [1.29, 1.82) is 0 Å². The van der Waals surface area contributed by atoms with Crippen molar-refractivity contribution in [2.75, 3.05) is 7.11 Å². The second-order valence-corrected chi connectivity index (χ2v) is 10.9. The van der Waals surface area contributed by atoms with Gasteiger partial charge in [0.2, 0.25) is 0 Å². The Bertz CT molecular complexity index is 1330. The molecule has 2 heterocycles. The van der Waals surface area contributed by atoms with Crippen LogP contribution < -0.4 is 15.9 Å².